The number of nitrogens with one attached hydrogen (secondary N) is 1. The lowest BCUT2D eigenvalue weighted by molar-refractivity contribution is -0.120. The zero-order chi connectivity index (χ0) is 18.0. The first-order valence-electron chi connectivity index (χ1n) is 7.54. The third kappa shape index (κ3) is 4.20. The molecule has 6 nitrogen and oxygen atoms in total. The number of amides is 1. The quantitative estimate of drug-likeness (QED) is 0.858. The lowest BCUT2D eigenvalue weighted by Gasteiger charge is -2.26. The summed E-state index contributed by atoms with van der Waals surface area (Å²) in [4.78, 5) is 25.3. The van der Waals surface area contributed by atoms with Gasteiger partial charge in [0.1, 0.15) is 9.99 Å². The van der Waals surface area contributed by atoms with Crippen molar-refractivity contribution in [2.75, 3.05) is 17.8 Å². The van der Waals surface area contributed by atoms with Crippen LogP contribution < -0.4 is 4.72 Å². The van der Waals surface area contributed by atoms with Gasteiger partial charge in [-0.1, -0.05) is 11.6 Å². The first kappa shape index (κ1) is 17.9. The van der Waals surface area contributed by atoms with E-state index < -0.39 is 10.0 Å². The van der Waals surface area contributed by atoms with Crippen LogP contribution >= 0.6 is 22.9 Å². The summed E-state index contributed by atoms with van der Waals surface area (Å²) in [5.74, 6) is 0.00873. The van der Waals surface area contributed by atoms with E-state index in [0.29, 0.717) is 41.5 Å². The van der Waals surface area contributed by atoms with Crippen LogP contribution in [0.3, 0.4) is 0 Å². The number of sulfonamides is 1. The van der Waals surface area contributed by atoms with Crippen LogP contribution in [0.25, 0.3) is 0 Å². The Morgan fingerprint density at radius 3 is 2.28 bits per heavy atom. The van der Waals surface area contributed by atoms with Gasteiger partial charge in [0.15, 0.2) is 0 Å². The van der Waals surface area contributed by atoms with Crippen molar-refractivity contribution in [3.8, 4) is 0 Å². The fourth-order valence-electron chi connectivity index (χ4n) is 2.47. The Balaban J connectivity index is 1.70. The third-order valence-corrected chi connectivity index (χ3v) is 6.91. The molecule has 2 heterocycles. The molecule has 1 N–H and O–H groups in total. The van der Waals surface area contributed by atoms with Crippen molar-refractivity contribution < 1.29 is 18.0 Å². The second-order valence-electron chi connectivity index (χ2n) is 5.57. The number of nitrogens with zero attached hydrogens (tertiary/aromatic N) is 1. The molecule has 0 saturated carbocycles. The summed E-state index contributed by atoms with van der Waals surface area (Å²) in [6, 6.07) is 9.16. The van der Waals surface area contributed by atoms with E-state index in [9.17, 15) is 18.0 Å². The largest absolute Gasteiger partial charge is 0.338 e. The molecule has 0 spiro atoms. The van der Waals surface area contributed by atoms with E-state index >= 15 is 0 Å². The third-order valence-electron chi connectivity index (χ3n) is 3.81. The number of ketones is 1. The minimum absolute atomic E-state index is 0.121. The van der Waals surface area contributed by atoms with Gasteiger partial charge in [0, 0.05) is 37.2 Å². The van der Waals surface area contributed by atoms with Crippen molar-refractivity contribution in [2.24, 2.45) is 0 Å². The van der Waals surface area contributed by atoms with E-state index in [1.807, 2.05) is 0 Å². The number of thiophene rings is 1. The summed E-state index contributed by atoms with van der Waals surface area (Å²) >= 11 is 6.74. The summed E-state index contributed by atoms with van der Waals surface area (Å²) in [7, 11) is -3.70. The van der Waals surface area contributed by atoms with Gasteiger partial charge in [0.05, 0.1) is 4.34 Å². The second kappa shape index (κ2) is 7.15. The van der Waals surface area contributed by atoms with Crippen LogP contribution in [0.5, 0.6) is 0 Å². The first-order valence-corrected chi connectivity index (χ1v) is 10.2. The number of halogens is 1. The summed E-state index contributed by atoms with van der Waals surface area (Å²) < 4.78 is 27.5. The number of carbonyl (C=O) groups is 2. The summed E-state index contributed by atoms with van der Waals surface area (Å²) in [5, 5.41) is 0. The second-order valence-corrected chi connectivity index (χ2v) is 9.20. The number of piperidine rings is 1. The molecule has 3 rings (SSSR count). The van der Waals surface area contributed by atoms with Gasteiger partial charge in [-0.15, -0.1) is 11.3 Å². The van der Waals surface area contributed by atoms with Crippen LogP contribution in [0.1, 0.15) is 23.2 Å². The van der Waals surface area contributed by atoms with Crippen LogP contribution in [-0.4, -0.2) is 38.1 Å². The summed E-state index contributed by atoms with van der Waals surface area (Å²) in [5.41, 5.74) is 0.811. The van der Waals surface area contributed by atoms with Gasteiger partial charge in [0.2, 0.25) is 0 Å². The Morgan fingerprint density at radius 1 is 1.08 bits per heavy atom. The predicted octanol–water partition coefficient (Wildman–Crippen LogP) is 3.01. The predicted molar refractivity (Wildman–Crippen MR) is 96.7 cm³/mol. The van der Waals surface area contributed by atoms with E-state index in [0.717, 1.165) is 11.3 Å². The van der Waals surface area contributed by atoms with Crippen molar-refractivity contribution in [3.05, 3.63) is 46.3 Å². The molecular weight excluding hydrogens is 384 g/mol. The Hall–Kier alpha value is -1.90. The van der Waals surface area contributed by atoms with Crippen LogP contribution in [0.2, 0.25) is 4.34 Å². The zero-order valence-corrected chi connectivity index (χ0v) is 15.5. The number of benzene rings is 1. The van der Waals surface area contributed by atoms with Crippen molar-refractivity contribution in [2.45, 2.75) is 17.1 Å². The Bertz CT molecular complexity index is 896. The molecule has 1 aromatic carbocycles. The highest BCUT2D eigenvalue weighted by molar-refractivity contribution is 7.94. The molecule has 1 fully saturated rings. The maximum Gasteiger partial charge on any atom is 0.271 e. The molecule has 132 valence electrons. The fourth-order valence-corrected chi connectivity index (χ4v) is 5.01. The van der Waals surface area contributed by atoms with Gasteiger partial charge in [-0.25, -0.2) is 8.42 Å². The van der Waals surface area contributed by atoms with E-state index in [1.54, 1.807) is 17.0 Å². The van der Waals surface area contributed by atoms with Crippen LogP contribution in [-0.2, 0) is 14.8 Å². The topological polar surface area (TPSA) is 83.6 Å². The lowest BCUT2D eigenvalue weighted by atomic mass is 10.1. The molecule has 0 bridgehead atoms. The first-order chi connectivity index (χ1) is 11.8. The summed E-state index contributed by atoms with van der Waals surface area (Å²) in [6.07, 6.45) is 0.764. The number of hydrogen-bond donors (Lipinski definition) is 1. The van der Waals surface area contributed by atoms with Crippen molar-refractivity contribution in [1.82, 2.24) is 4.90 Å². The molecule has 1 aromatic heterocycles. The van der Waals surface area contributed by atoms with Gasteiger partial charge in [-0.05, 0) is 36.4 Å². The molecule has 0 unspecified atom stereocenters. The molecule has 1 amide bonds. The van der Waals surface area contributed by atoms with Gasteiger partial charge >= 0.3 is 0 Å². The molecular formula is C16H15ClN2O4S2. The number of anilines is 1. The van der Waals surface area contributed by atoms with Crippen LogP contribution in [0.15, 0.2) is 40.6 Å². The minimum atomic E-state index is -3.70. The van der Waals surface area contributed by atoms with Crippen molar-refractivity contribution in [3.63, 3.8) is 0 Å². The Kier molecular flexibility index (Phi) is 5.12. The molecule has 1 saturated heterocycles. The highest BCUT2D eigenvalue weighted by Crippen LogP contribution is 2.27. The normalized spacial score (nSPS) is 15.2. The maximum absolute atomic E-state index is 12.4. The maximum atomic E-state index is 12.4. The monoisotopic (exact) mass is 398 g/mol. The molecule has 1 aliphatic heterocycles. The van der Waals surface area contributed by atoms with E-state index in [1.165, 1.54) is 24.3 Å². The molecule has 0 radical (unpaired) electrons. The number of likely N-dealkylation sites (tertiary alicyclic amines) is 1. The zero-order valence-electron chi connectivity index (χ0n) is 13.1. The Labute approximate surface area is 154 Å². The molecule has 25 heavy (non-hydrogen) atoms. The van der Waals surface area contributed by atoms with Gasteiger partial charge in [-0.3, -0.25) is 14.3 Å². The van der Waals surface area contributed by atoms with E-state index in [4.69, 9.17) is 11.6 Å². The average molecular weight is 399 g/mol. The molecule has 1 aliphatic rings. The van der Waals surface area contributed by atoms with Crippen molar-refractivity contribution >= 4 is 50.3 Å². The lowest BCUT2D eigenvalue weighted by Crippen LogP contribution is -2.38. The van der Waals surface area contributed by atoms with Crippen LogP contribution in [0, 0.1) is 0 Å². The highest BCUT2D eigenvalue weighted by atomic mass is 35.5. The standard InChI is InChI=1S/C16H15ClN2O4S2/c17-14-5-6-15(24-14)25(22,23)18-12-3-1-11(2-4-12)16(21)19-9-7-13(20)8-10-19/h1-6,18H,7-10H2. The van der Waals surface area contributed by atoms with Gasteiger partial charge in [-0.2, -0.15) is 0 Å². The highest BCUT2D eigenvalue weighted by Gasteiger charge is 2.22. The molecule has 0 atom stereocenters. The minimum Gasteiger partial charge on any atom is -0.338 e. The van der Waals surface area contributed by atoms with Crippen LogP contribution in [0.4, 0.5) is 5.69 Å². The molecule has 2 aromatic rings. The number of hydrogen-bond acceptors (Lipinski definition) is 5. The number of carbonyl (C=O) groups excluding carboxylic acids is 2. The van der Waals surface area contributed by atoms with Gasteiger partial charge in [0.25, 0.3) is 15.9 Å². The summed E-state index contributed by atoms with van der Waals surface area (Å²) in [6.45, 7) is 0.844. The van der Waals surface area contributed by atoms with Gasteiger partial charge < -0.3 is 4.90 Å². The fraction of sp³-hybridized carbons (Fsp3) is 0.250. The number of rotatable bonds is 4. The number of Topliss-reactive ketones (excluding diaryl/α,β-unsaturated/α-hetero) is 1. The van der Waals surface area contributed by atoms with Crippen molar-refractivity contribution in [1.29, 1.82) is 0 Å². The smallest absolute Gasteiger partial charge is 0.271 e. The van der Waals surface area contributed by atoms with E-state index in [-0.39, 0.29) is 15.9 Å². The Morgan fingerprint density at radius 2 is 1.72 bits per heavy atom. The van der Waals surface area contributed by atoms with E-state index in [2.05, 4.69) is 4.72 Å². The average Bonchev–Trinajstić information content (AvgIpc) is 3.03. The SMILES string of the molecule is O=C1CCN(C(=O)c2ccc(NS(=O)(=O)c3ccc(Cl)s3)cc2)CC1. The molecule has 0 aliphatic carbocycles. The molecule has 9 heteroatoms.